The molecule has 0 radical (unpaired) electrons. The maximum absolute atomic E-state index is 11.0. The van der Waals surface area contributed by atoms with Gasteiger partial charge in [-0.2, -0.15) is 0 Å². The number of nitrogens with zero attached hydrogens (tertiary/aromatic N) is 1. The van der Waals surface area contributed by atoms with Gasteiger partial charge < -0.3 is 10.0 Å². The predicted molar refractivity (Wildman–Crippen MR) is 85.4 cm³/mol. The molecule has 1 fully saturated rings. The second-order valence-corrected chi connectivity index (χ2v) is 6.50. The Hall–Kier alpha value is -1.35. The third kappa shape index (κ3) is 4.85. The van der Waals surface area contributed by atoms with Gasteiger partial charge in [0, 0.05) is 13.1 Å². The average molecular weight is 289 g/mol. The number of hydrogen-bond acceptors (Lipinski definition) is 2. The van der Waals surface area contributed by atoms with Gasteiger partial charge in [-0.15, -0.1) is 0 Å². The first-order chi connectivity index (χ1) is 10.1. The molecule has 3 heteroatoms. The fraction of sp³-hybridized carbons (Fsp3) is 0.611. The largest absolute Gasteiger partial charge is 0.481 e. The highest BCUT2D eigenvalue weighted by Crippen LogP contribution is 2.24. The molecule has 0 amide bonds. The third-order valence-corrected chi connectivity index (χ3v) is 4.60. The number of benzene rings is 1. The molecule has 0 aliphatic heterocycles. The molecule has 0 heterocycles. The summed E-state index contributed by atoms with van der Waals surface area (Å²) in [6.07, 6.45) is 6.93. The van der Waals surface area contributed by atoms with Crippen molar-refractivity contribution in [3.8, 4) is 0 Å². The first kappa shape index (κ1) is 16.0. The van der Waals surface area contributed by atoms with Gasteiger partial charge in [0.1, 0.15) is 0 Å². The predicted octanol–water partition coefficient (Wildman–Crippen LogP) is 3.89. The summed E-state index contributed by atoms with van der Waals surface area (Å²) in [5.74, 6) is -0.341. The lowest BCUT2D eigenvalue weighted by atomic mass is 9.89. The maximum atomic E-state index is 11.0. The standard InChI is InChI=1S/C18H27NO2/c1-14(18(20)21)17-10-8-16(9-11-17)13-19(2)12-15-6-4-3-5-7-15/h8-11,14-15H,3-7,12-13H2,1-2H3,(H,20,21). The van der Waals surface area contributed by atoms with Crippen molar-refractivity contribution in [2.45, 2.75) is 51.5 Å². The molecule has 1 aromatic rings. The van der Waals surface area contributed by atoms with E-state index in [1.165, 1.54) is 44.2 Å². The van der Waals surface area contributed by atoms with E-state index >= 15 is 0 Å². The summed E-state index contributed by atoms with van der Waals surface area (Å²) in [6, 6.07) is 8.02. The topological polar surface area (TPSA) is 40.5 Å². The first-order valence-electron chi connectivity index (χ1n) is 8.06. The van der Waals surface area contributed by atoms with Gasteiger partial charge in [-0.1, -0.05) is 43.5 Å². The second-order valence-electron chi connectivity index (χ2n) is 6.50. The van der Waals surface area contributed by atoms with Gasteiger partial charge >= 0.3 is 5.97 Å². The van der Waals surface area contributed by atoms with Gasteiger partial charge in [-0.05, 0) is 43.9 Å². The van der Waals surface area contributed by atoms with E-state index in [1.54, 1.807) is 6.92 Å². The molecule has 0 saturated heterocycles. The fourth-order valence-corrected chi connectivity index (χ4v) is 3.24. The molecule has 0 aromatic heterocycles. The lowest BCUT2D eigenvalue weighted by Crippen LogP contribution is -2.26. The summed E-state index contributed by atoms with van der Waals surface area (Å²) < 4.78 is 0. The van der Waals surface area contributed by atoms with Gasteiger partial charge in [-0.3, -0.25) is 4.79 Å². The van der Waals surface area contributed by atoms with Gasteiger partial charge in [0.2, 0.25) is 0 Å². The Balaban J connectivity index is 1.86. The monoisotopic (exact) mass is 289 g/mol. The van der Waals surface area contributed by atoms with Crippen molar-refractivity contribution in [2.75, 3.05) is 13.6 Å². The molecule has 1 aliphatic rings. The highest BCUT2D eigenvalue weighted by molar-refractivity contribution is 5.75. The minimum absolute atomic E-state index is 0.431. The van der Waals surface area contributed by atoms with Gasteiger partial charge in [0.05, 0.1) is 5.92 Å². The first-order valence-corrected chi connectivity index (χ1v) is 8.06. The molecule has 2 rings (SSSR count). The van der Waals surface area contributed by atoms with E-state index in [0.29, 0.717) is 0 Å². The van der Waals surface area contributed by atoms with E-state index in [0.717, 1.165) is 18.0 Å². The molecule has 21 heavy (non-hydrogen) atoms. The molecule has 0 spiro atoms. The van der Waals surface area contributed by atoms with Crippen LogP contribution in [0.1, 0.15) is 56.1 Å². The van der Waals surface area contributed by atoms with Crippen LogP contribution in [0.25, 0.3) is 0 Å². The van der Waals surface area contributed by atoms with E-state index in [2.05, 4.69) is 24.1 Å². The van der Waals surface area contributed by atoms with Crippen LogP contribution in [0.3, 0.4) is 0 Å². The smallest absolute Gasteiger partial charge is 0.310 e. The quantitative estimate of drug-likeness (QED) is 0.863. The summed E-state index contributed by atoms with van der Waals surface area (Å²) in [5, 5.41) is 9.02. The SMILES string of the molecule is CC(C(=O)O)c1ccc(CN(C)CC2CCCCC2)cc1. The zero-order chi connectivity index (χ0) is 15.2. The lowest BCUT2D eigenvalue weighted by Gasteiger charge is -2.27. The normalized spacial score (nSPS) is 17.9. The van der Waals surface area contributed by atoms with Crippen molar-refractivity contribution in [1.82, 2.24) is 4.90 Å². The molecule has 1 unspecified atom stereocenters. The number of carbonyl (C=O) groups is 1. The van der Waals surface area contributed by atoms with Gasteiger partial charge in [0.15, 0.2) is 0 Å². The average Bonchev–Trinajstić information content (AvgIpc) is 2.48. The summed E-state index contributed by atoms with van der Waals surface area (Å²) in [5.41, 5.74) is 2.14. The summed E-state index contributed by atoms with van der Waals surface area (Å²) >= 11 is 0. The van der Waals surface area contributed by atoms with Crippen LogP contribution in [0.5, 0.6) is 0 Å². The Kier molecular flexibility index (Phi) is 5.80. The summed E-state index contributed by atoms with van der Waals surface area (Å²) in [6.45, 7) is 3.85. The van der Waals surface area contributed by atoms with Gasteiger partial charge in [-0.25, -0.2) is 0 Å². The second kappa shape index (κ2) is 7.60. The van der Waals surface area contributed by atoms with Crippen molar-refractivity contribution in [3.63, 3.8) is 0 Å². The minimum Gasteiger partial charge on any atom is -0.481 e. The molecule has 116 valence electrons. The van der Waals surface area contributed by atoms with Crippen molar-refractivity contribution in [1.29, 1.82) is 0 Å². The molecular formula is C18H27NO2. The van der Waals surface area contributed by atoms with Crippen LogP contribution in [0.2, 0.25) is 0 Å². The van der Waals surface area contributed by atoms with E-state index in [-0.39, 0.29) is 0 Å². The van der Waals surface area contributed by atoms with Crippen molar-refractivity contribution < 1.29 is 9.90 Å². The number of carboxylic acids is 1. The van der Waals surface area contributed by atoms with E-state index in [4.69, 9.17) is 5.11 Å². The van der Waals surface area contributed by atoms with E-state index < -0.39 is 11.9 Å². The Morgan fingerprint density at radius 2 is 1.86 bits per heavy atom. The minimum atomic E-state index is -0.767. The third-order valence-electron chi connectivity index (χ3n) is 4.60. The molecular weight excluding hydrogens is 262 g/mol. The maximum Gasteiger partial charge on any atom is 0.310 e. The van der Waals surface area contributed by atoms with Crippen LogP contribution in [-0.2, 0) is 11.3 Å². The van der Waals surface area contributed by atoms with Crippen molar-refractivity contribution >= 4 is 5.97 Å². The van der Waals surface area contributed by atoms with Crippen molar-refractivity contribution in [3.05, 3.63) is 35.4 Å². The molecule has 1 N–H and O–H groups in total. The Bertz CT molecular complexity index is 449. The zero-order valence-corrected chi connectivity index (χ0v) is 13.2. The number of aliphatic carboxylic acids is 1. The number of carboxylic acid groups (broad SMARTS) is 1. The molecule has 1 atom stereocenters. The molecule has 1 aromatic carbocycles. The molecule has 3 nitrogen and oxygen atoms in total. The van der Waals surface area contributed by atoms with E-state index in [1.807, 2.05) is 12.1 Å². The highest BCUT2D eigenvalue weighted by atomic mass is 16.4. The zero-order valence-electron chi connectivity index (χ0n) is 13.2. The van der Waals surface area contributed by atoms with Crippen LogP contribution in [0.4, 0.5) is 0 Å². The Morgan fingerprint density at radius 3 is 2.43 bits per heavy atom. The Morgan fingerprint density at radius 1 is 1.24 bits per heavy atom. The molecule has 1 aliphatic carbocycles. The molecule has 0 bridgehead atoms. The summed E-state index contributed by atoms with van der Waals surface area (Å²) in [7, 11) is 2.18. The number of rotatable bonds is 6. The van der Waals surface area contributed by atoms with Crippen LogP contribution < -0.4 is 0 Å². The van der Waals surface area contributed by atoms with Crippen LogP contribution in [0, 0.1) is 5.92 Å². The van der Waals surface area contributed by atoms with Crippen molar-refractivity contribution in [2.24, 2.45) is 5.92 Å². The van der Waals surface area contributed by atoms with Crippen LogP contribution in [0.15, 0.2) is 24.3 Å². The van der Waals surface area contributed by atoms with E-state index in [9.17, 15) is 4.79 Å². The highest BCUT2D eigenvalue weighted by Gasteiger charge is 2.16. The van der Waals surface area contributed by atoms with Crippen LogP contribution in [-0.4, -0.2) is 29.6 Å². The molecule has 1 saturated carbocycles. The van der Waals surface area contributed by atoms with Crippen LogP contribution >= 0.6 is 0 Å². The fourth-order valence-electron chi connectivity index (χ4n) is 3.24. The number of hydrogen-bond donors (Lipinski definition) is 1. The lowest BCUT2D eigenvalue weighted by molar-refractivity contribution is -0.138. The summed E-state index contributed by atoms with van der Waals surface area (Å²) in [4.78, 5) is 13.4. The Labute approximate surface area is 128 Å². The van der Waals surface area contributed by atoms with Gasteiger partial charge in [0.25, 0.3) is 0 Å².